The Morgan fingerprint density at radius 3 is 2.45 bits per heavy atom. The summed E-state index contributed by atoms with van der Waals surface area (Å²) in [4.78, 5) is 4.38. The molecule has 4 aliphatic rings. The Kier molecular flexibility index (Phi) is 2.99. The lowest BCUT2D eigenvalue weighted by Gasteiger charge is -2.56. The predicted octanol–water partition coefficient (Wildman–Crippen LogP) is 3.15. The Morgan fingerprint density at radius 1 is 1.20 bits per heavy atom. The molecule has 1 N–H and O–H groups in total. The zero-order valence-electron chi connectivity index (χ0n) is 12.3. The zero-order chi connectivity index (χ0) is 13.6. The second-order valence-corrected chi connectivity index (χ2v) is 7.22. The van der Waals surface area contributed by atoms with E-state index in [1.54, 1.807) is 0 Å². The second-order valence-electron chi connectivity index (χ2n) is 7.22. The highest BCUT2D eigenvalue weighted by molar-refractivity contribution is 5.24. The van der Waals surface area contributed by atoms with Gasteiger partial charge in [-0.15, -0.1) is 0 Å². The third kappa shape index (κ3) is 2.22. The maximum Gasteiger partial charge on any atom is 0.123 e. The third-order valence-electron chi connectivity index (χ3n) is 5.46. The van der Waals surface area contributed by atoms with Crippen molar-refractivity contribution in [1.29, 1.82) is 0 Å². The minimum Gasteiger partial charge on any atom is -0.487 e. The van der Waals surface area contributed by atoms with Crippen molar-refractivity contribution in [2.24, 2.45) is 17.8 Å². The molecule has 1 aromatic rings. The maximum absolute atomic E-state index is 6.53. The number of ether oxygens (including phenoxy) is 1. The molecule has 0 aromatic carbocycles. The lowest BCUT2D eigenvalue weighted by Crippen LogP contribution is -2.53. The van der Waals surface area contributed by atoms with Gasteiger partial charge in [-0.3, -0.25) is 4.98 Å². The van der Waals surface area contributed by atoms with E-state index in [1.165, 1.54) is 38.5 Å². The van der Waals surface area contributed by atoms with E-state index in [9.17, 15) is 0 Å². The summed E-state index contributed by atoms with van der Waals surface area (Å²) in [5.74, 6) is 3.81. The highest BCUT2D eigenvalue weighted by Gasteiger charge is 2.52. The summed E-state index contributed by atoms with van der Waals surface area (Å²) >= 11 is 0. The number of hydrogen-bond donors (Lipinski definition) is 1. The summed E-state index contributed by atoms with van der Waals surface area (Å²) in [6.07, 6.45) is 10.1. The van der Waals surface area contributed by atoms with Crippen LogP contribution in [0, 0.1) is 17.8 Å². The lowest BCUT2D eigenvalue weighted by molar-refractivity contribution is -0.107. The fraction of sp³-hybridized carbons (Fsp3) is 0.706. The van der Waals surface area contributed by atoms with Gasteiger partial charge in [0.15, 0.2) is 0 Å². The molecule has 4 saturated carbocycles. The molecule has 0 radical (unpaired) electrons. The van der Waals surface area contributed by atoms with Gasteiger partial charge in [-0.2, -0.15) is 0 Å². The first-order valence-electron chi connectivity index (χ1n) is 8.03. The van der Waals surface area contributed by atoms with Crippen LogP contribution in [0.5, 0.6) is 5.75 Å². The summed E-state index contributed by atoms with van der Waals surface area (Å²) < 4.78 is 6.53. The van der Waals surface area contributed by atoms with Gasteiger partial charge in [0.2, 0.25) is 0 Å². The van der Waals surface area contributed by atoms with Crippen molar-refractivity contribution >= 4 is 0 Å². The second kappa shape index (κ2) is 4.73. The molecule has 20 heavy (non-hydrogen) atoms. The molecule has 1 aromatic heterocycles. The van der Waals surface area contributed by atoms with Crippen LogP contribution in [0.1, 0.15) is 44.2 Å². The fourth-order valence-electron chi connectivity index (χ4n) is 5.20. The van der Waals surface area contributed by atoms with Crippen LogP contribution in [0.25, 0.3) is 0 Å². The Labute approximate surface area is 121 Å². The monoisotopic (exact) mass is 272 g/mol. The summed E-state index contributed by atoms with van der Waals surface area (Å²) in [5.41, 5.74) is 1.21. The van der Waals surface area contributed by atoms with E-state index < -0.39 is 0 Å². The van der Waals surface area contributed by atoms with Gasteiger partial charge in [0, 0.05) is 18.8 Å². The average molecular weight is 272 g/mol. The van der Waals surface area contributed by atoms with E-state index in [2.05, 4.69) is 16.4 Å². The van der Waals surface area contributed by atoms with Crippen molar-refractivity contribution in [3.8, 4) is 5.75 Å². The van der Waals surface area contributed by atoms with Gasteiger partial charge in [0.25, 0.3) is 0 Å². The molecule has 0 saturated heterocycles. The van der Waals surface area contributed by atoms with Gasteiger partial charge >= 0.3 is 0 Å². The summed E-state index contributed by atoms with van der Waals surface area (Å²) in [6.45, 7) is 0.804. The fourth-order valence-corrected chi connectivity index (χ4v) is 5.20. The molecule has 0 spiro atoms. The van der Waals surface area contributed by atoms with Crippen molar-refractivity contribution in [3.05, 3.63) is 24.0 Å². The van der Waals surface area contributed by atoms with Gasteiger partial charge in [-0.1, -0.05) is 0 Å². The summed E-state index contributed by atoms with van der Waals surface area (Å²) in [6, 6.07) is 4.13. The number of rotatable bonds is 4. The molecule has 3 heteroatoms. The van der Waals surface area contributed by atoms with Crippen molar-refractivity contribution in [3.63, 3.8) is 0 Å². The molecule has 4 fully saturated rings. The van der Waals surface area contributed by atoms with Crippen LogP contribution in [0.4, 0.5) is 0 Å². The largest absolute Gasteiger partial charge is 0.487 e. The molecule has 4 aliphatic carbocycles. The van der Waals surface area contributed by atoms with Crippen LogP contribution in [0.3, 0.4) is 0 Å². The predicted molar refractivity (Wildman–Crippen MR) is 78.5 cm³/mol. The smallest absolute Gasteiger partial charge is 0.123 e. The van der Waals surface area contributed by atoms with Crippen molar-refractivity contribution in [1.82, 2.24) is 10.3 Å². The lowest BCUT2D eigenvalue weighted by atomic mass is 9.54. The normalized spacial score (nSPS) is 38.1. The Morgan fingerprint density at radius 2 is 1.85 bits per heavy atom. The molecule has 0 amide bonds. The molecule has 3 nitrogen and oxygen atoms in total. The van der Waals surface area contributed by atoms with Gasteiger partial charge in [0.1, 0.15) is 11.4 Å². The zero-order valence-corrected chi connectivity index (χ0v) is 12.3. The van der Waals surface area contributed by atoms with Crippen LogP contribution >= 0.6 is 0 Å². The first kappa shape index (κ1) is 12.6. The van der Waals surface area contributed by atoms with Crippen LogP contribution < -0.4 is 10.1 Å². The van der Waals surface area contributed by atoms with Gasteiger partial charge in [-0.25, -0.2) is 0 Å². The number of hydrogen-bond acceptors (Lipinski definition) is 3. The number of nitrogens with zero attached hydrogens (tertiary/aromatic N) is 1. The number of pyridine rings is 1. The minimum atomic E-state index is 0.146. The van der Waals surface area contributed by atoms with Crippen LogP contribution in [0.2, 0.25) is 0 Å². The first-order valence-corrected chi connectivity index (χ1v) is 8.03. The van der Waals surface area contributed by atoms with Gasteiger partial charge < -0.3 is 10.1 Å². The molecule has 108 valence electrons. The first-order chi connectivity index (χ1) is 9.75. The number of nitrogens with one attached hydrogen (secondary N) is 1. The Balaban J connectivity index is 1.55. The van der Waals surface area contributed by atoms with E-state index in [4.69, 9.17) is 4.74 Å². The van der Waals surface area contributed by atoms with E-state index in [1.807, 2.05) is 19.3 Å². The molecular weight excluding hydrogens is 248 g/mol. The van der Waals surface area contributed by atoms with Crippen LogP contribution in [0.15, 0.2) is 18.3 Å². The van der Waals surface area contributed by atoms with Crippen LogP contribution in [-0.2, 0) is 6.54 Å². The summed E-state index contributed by atoms with van der Waals surface area (Å²) in [7, 11) is 1.95. The molecule has 1 heterocycles. The quantitative estimate of drug-likeness (QED) is 0.914. The van der Waals surface area contributed by atoms with Crippen molar-refractivity contribution < 1.29 is 4.74 Å². The van der Waals surface area contributed by atoms with Gasteiger partial charge in [0.05, 0.1) is 5.69 Å². The standard InChI is InChI=1S/C17H24N2O/c1-18-11-15-7-16(2-3-19-15)20-17-8-12-4-13(9-17)6-14(5-12)10-17/h2-3,7,12-14,18H,4-6,8-11H2,1H3. The van der Waals surface area contributed by atoms with E-state index in [0.717, 1.165) is 35.7 Å². The summed E-state index contributed by atoms with van der Waals surface area (Å²) in [5, 5.41) is 3.15. The highest BCUT2D eigenvalue weighted by Crippen LogP contribution is 2.56. The Bertz CT molecular complexity index is 464. The highest BCUT2D eigenvalue weighted by atomic mass is 16.5. The Hall–Kier alpha value is -1.09. The molecule has 4 bridgehead atoms. The van der Waals surface area contributed by atoms with E-state index >= 15 is 0 Å². The van der Waals surface area contributed by atoms with E-state index in [-0.39, 0.29) is 5.60 Å². The van der Waals surface area contributed by atoms with Crippen molar-refractivity contribution in [2.45, 2.75) is 50.7 Å². The molecule has 0 unspecified atom stereocenters. The topological polar surface area (TPSA) is 34.1 Å². The van der Waals surface area contributed by atoms with Crippen LogP contribution in [-0.4, -0.2) is 17.6 Å². The third-order valence-corrected chi connectivity index (χ3v) is 5.46. The SMILES string of the molecule is CNCc1cc(OC23CC4CC(CC(C4)C2)C3)ccn1. The minimum absolute atomic E-state index is 0.146. The maximum atomic E-state index is 6.53. The average Bonchev–Trinajstić information content (AvgIpc) is 2.37. The van der Waals surface area contributed by atoms with Gasteiger partial charge in [-0.05, 0) is 69.4 Å². The molecule has 0 atom stereocenters. The van der Waals surface area contributed by atoms with E-state index in [0.29, 0.717) is 0 Å². The molecule has 5 rings (SSSR count). The van der Waals surface area contributed by atoms with Crippen molar-refractivity contribution in [2.75, 3.05) is 7.05 Å². The molecule has 0 aliphatic heterocycles. The number of aromatic nitrogens is 1. The molecular formula is C17H24N2O.